The maximum absolute atomic E-state index is 13.0. The lowest BCUT2D eigenvalue weighted by atomic mass is 10.00. The van der Waals surface area contributed by atoms with Crippen LogP contribution in [0.2, 0.25) is 0 Å². The smallest absolute Gasteiger partial charge is 0.242 e. The largest absolute Gasteiger partial charge is 0.336 e. The molecule has 0 atom stereocenters. The number of hydrogen-bond acceptors (Lipinski definition) is 2. The van der Waals surface area contributed by atoms with Crippen molar-refractivity contribution in [1.82, 2.24) is 9.80 Å². The average molecular weight is 371 g/mol. The van der Waals surface area contributed by atoms with E-state index in [-0.39, 0.29) is 24.3 Å². The van der Waals surface area contributed by atoms with E-state index in [9.17, 15) is 9.59 Å². The van der Waals surface area contributed by atoms with Gasteiger partial charge in [0.25, 0.3) is 0 Å². The van der Waals surface area contributed by atoms with Crippen molar-refractivity contribution in [2.24, 2.45) is 5.92 Å². The van der Waals surface area contributed by atoms with Gasteiger partial charge < -0.3 is 9.80 Å². The van der Waals surface area contributed by atoms with Crippen molar-refractivity contribution in [1.29, 1.82) is 0 Å². The number of carbonyl (C=O) groups excluding carboxylic acids is 2. The van der Waals surface area contributed by atoms with Crippen LogP contribution in [-0.2, 0) is 22.6 Å². The molecule has 0 saturated heterocycles. The average Bonchev–Trinajstić information content (AvgIpc) is 3.24. The SMILES string of the molecule is CCCCCCN(CC(=O)N1CCc2ccccc2C1)C(=O)C1CCCC1. The van der Waals surface area contributed by atoms with Crippen LogP contribution in [0.25, 0.3) is 0 Å². The lowest BCUT2D eigenvalue weighted by Gasteiger charge is -2.32. The molecule has 148 valence electrons. The van der Waals surface area contributed by atoms with Gasteiger partial charge in [0.1, 0.15) is 0 Å². The van der Waals surface area contributed by atoms with Crippen LogP contribution < -0.4 is 0 Å². The molecule has 1 aliphatic heterocycles. The van der Waals surface area contributed by atoms with Gasteiger partial charge in [0.2, 0.25) is 11.8 Å². The minimum Gasteiger partial charge on any atom is -0.336 e. The van der Waals surface area contributed by atoms with Crippen molar-refractivity contribution >= 4 is 11.8 Å². The lowest BCUT2D eigenvalue weighted by molar-refractivity contribution is -0.143. The Hall–Kier alpha value is -1.84. The van der Waals surface area contributed by atoms with Gasteiger partial charge in [-0.05, 0) is 36.8 Å². The molecule has 1 saturated carbocycles. The van der Waals surface area contributed by atoms with E-state index in [2.05, 4.69) is 25.1 Å². The van der Waals surface area contributed by atoms with Crippen molar-refractivity contribution < 1.29 is 9.59 Å². The zero-order valence-electron chi connectivity index (χ0n) is 16.8. The highest BCUT2D eigenvalue weighted by molar-refractivity contribution is 5.86. The number of fused-ring (bicyclic) bond motifs is 1. The molecule has 4 heteroatoms. The number of unbranched alkanes of at least 4 members (excludes halogenated alkanes) is 3. The summed E-state index contributed by atoms with van der Waals surface area (Å²) < 4.78 is 0. The van der Waals surface area contributed by atoms with Crippen LogP contribution >= 0.6 is 0 Å². The highest BCUT2D eigenvalue weighted by Crippen LogP contribution is 2.27. The molecule has 0 bridgehead atoms. The monoisotopic (exact) mass is 370 g/mol. The van der Waals surface area contributed by atoms with Gasteiger partial charge in [-0.1, -0.05) is 63.3 Å². The van der Waals surface area contributed by atoms with E-state index in [0.717, 1.165) is 58.0 Å². The summed E-state index contributed by atoms with van der Waals surface area (Å²) in [5.41, 5.74) is 2.59. The Labute approximate surface area is 163 Å². The molecule has 3 rings (SSSR count). The molecule has 1 aromatic rings. The molecule has 4 nitrogen and oxygen atoms in total. The van der Waals surface area contributed by atoms with Crippen molar-refractivity contribution in [2.45, 2.75) is 71.3 Å². The Bertz CT molecular complexity index is 637. The van der Waals surface area contributed by atoms with Crippen LogP contribution in [0.15, 0.2) is 24.3 Å². The number of benzene rings is 1. The fourth-order valence-electron chi connectivity index (χ4n) is 4.40. The predicted octanol–water partition coefficient (Wildman–Crippen LogP) is 4.17. The topological polar surface area (TPSA) is 40.6 Å². The number of carbonyl (C=O) groups is 2. The zero-order valence-corrected chi connectivity index (χ0v) is 16.8. The standard InChI is InChI=1S/C23H34N2O2/c1-2-3-4-9-15-25(23(27)20-11-6-7-12-20)18-22(26)24-16-14-19-10-5-8-13-21(19)17-24/h5,8,10,13,20H,2-4,6-7,9,11-12,14-18H2,1H3. The maximum atomic E-state index is 13.0. The van der Waals surface area contributed by atoms with Crippen LogP contribution in [0.3, 0.4) is 0 Å². The summed E-state index contributed by atoms with van der Waals surface area (Å²) in [7, 11) is 0. The Morgan fingerprint density at radius 3 is 2.56 bits per heavy atom. The fraction of sp³-hybridized carbons (Fsp3) is 0.652. The van der Waals surface area contributed by atoms with Crippen LogP contribution in [0.4, 0.5) is 0 Å². The lowest BCUT2D eigenvalue weighted by Crippen LogP contribution is -2.46. The second-order valence-corrected chi connectivity index (χ2v) is 8.14. The van der Waals surface area contributed by atoms with Gasteiger partial charge in [-0.2, -0.15) is 0 Å². The molecule has 0 aromatic heterocycles. The molecule has 0 radical (unpaired) electrons. The van der Waals surface area contributed by atoms with E-state index in [4.69, 9.17) is 0 Å². The molecule has 0 N–H and O–H groups in total. The van der Waals surface area contributed by atoms with E-state index >= 15 is 0 Å². The van der Waals surface area contributed by atoms with Crippen molar-refractivity contribution in [3.05, 3.63) is 35.4 Å². The number of nitrogens with zero attached hydrogens (tertiary/aromatic N) is 2. The third-order valence-electron chi connectivity index (χ3n) is 6.11. The summed E-state index contributed by atoms with van der Waals surface area (Å²) in [6.07, 6.45) is 9.72. The summed E-state index contributed by atoms with van der Waals surface area (Å²) >= 11 is 0. The predicted molar refractivity (Wildman–Crippen MR) is 108 cm³/mol. The van der Waals surface area contributed by atoms with Gasteiger partial charge in [-0.25, -0.2) is 0 Å². The van der Waals surface area contributed by atoms with Crippen molar-refractivity contribution in [3.8, 4) is 0 Å². The van der Waals surface area contributed by atoms with E-state index in [0.29, 0.717) is 6.54 Å². The number of amides is 2. The first-order valence-electron chi connectivity index (χ1n) is 10.8. The molecule has 1 aliphatic carbocycles. The van der Waals surface area contributed by atoms with Crippen molar-refractivity contribution in [2.75, 3.05) is 19.6 Å². The van der Waals surface area contributed by atoms with Crippen LogP contribution in [0, 0.1) is 5.92 Å². The molecule has 1 aromatic carbocycles. The third kappa shape index (κ3) is 5.33. The number of hydrogen-bond donors (Lipinski definition) is 0. The van der Waals surface area contributed by atoms with Gasteiger partial charge in [0.05, 0.1) is 6.54 Å². The quantitative estimate of drug-likeness (QED) is 0.645. The van der Waals surface area contributed by atoms with Gasteiger partial charge in [-0.3, -0.25) is 9.59 Å². The molecule has 2 amide bonds. The Morgan fingerprint density at radius 2 is 1.81 bits per heavy atom. The van der Waals surface area contributed by atoms with Gasteiger partial charge >= 0.3 is 0 Å². The first-order valence-corrected chi connectivity index (χ1v) is 10.8. The minimum atomic E-state index is 0.103. The Kier molecular flexibility index (Phi) is 7.31. The molecule has 0 spiro atoms. The first-order chi connectivity index (χ1) is 13.2. The van der Waals surface area contributed by atoms with Gasteiger partial charge in [-0.15, -0.1) is 0 Å². The Balaban J connectivity index is 1.60. The third-order valence-corrected chi connectivity index (χ3v) is 6.11. The fourth-order valence-corrected chi connectivity index (χ4v) is 4.40. The summed E-state index contributed by atoms with van der Waals surface area (Å²) in [6, 6.07) is 8.37. The van der Waals surface area contributed by atoms with Gasteiger partial charge in [0, 0.05) is 25.6 Å². The van der Waals surface area contributed by atoms with E-state index in [1.807, 2.05) is 15.9 Å². The zero-order chi connectivity index (χ0) is 19.1. The normalized spacial score (nSPS) is 17.0. The van der Waals surface area contributed by atoms with Crippen LogP contribution in [0.5, 0.6) is 0 Å². The summed E-state index contributed by atoms with van der Waals surface area (Å²) in [5.74, 6) is 0.465. The summed E-state index contributed by atoms with van der Waals surface area (Å²) in [5, 5.41) is 0. The molecular formula is C23H34N2O2. The molecule has 2 aliphatic rings. The minimum absolute atomic E-state index is 0.103. The van der Waals surface area contributed by atoms with E-state index in [1.165, 1.54) is 24.0 Å². The van der Waals surface area contributed by atoms with Crippen LogP contribution in [0.1, 0.15) is 69.4 Å². The second-order valence-electron chi connectivity index (χ2n) is 8.14. The molecule has 0 unspecified atom stereocenters. The van der Waals surface area contributed by atoms with Crippen LogP contribution in [-0.4, -0.2) is 41.2 Å². The maximum Gasteiger partial charge on any atom is 0.242 e. The number of rotatable bonds is 8. The molecule has 1 heterocycles. The molecule has 27 heavy (non-hydrogen) atoms. The van der Waals surface area contributed by atoms with E-state index < -0.39 is 0 Å². The highest BCUT2D eigenvalue weighted by atomic mass is 16.2. The summed E-state index contributed by atoms with van der Waals surface area (Å²) in [6.45, 7) is 4.61. The second kappa shape index (κ2) is 9.91. The van der Waals surface area contributed by atoms with E-state index in [1.54, 1.807) is 0 Å². The molecular weight excluding hydrogens is 336 g/mol. The van der Waals surface area contributed by atoms with Crippen molar-refractivity contribution in [3.63, 3.8) is 0 Å². The Morgan fingerprint density at radius 1 is 1.07 bits per heavy atom. The van der Waals surface area contributed by atoms with Gasteiger partial charge in [0.15, 0.2) is 0 Å². The first kappa shape index (κ1) is 19.9. The summed E-state index contributed by atoms with van der Waals surface area (Å²) in [4.78, 5) is 29.7. The molecule has 1 fully saturated rings. The highest BCUT2D eigenvalue weighted by Gasteiger charge is 2.30.